The molecule has 3 heteroatoms. The summed E-state index contributed by atoms with van der Waals surface area (Å²) in [6.45, 7) is 0. The van der Waals surface area contributed by atoms with E-state index in [1.165, 1.54) is 6.08 Å². The van der Waals surface area contributed by atoms with Gasteiger partial charge in [-0.25, -0.2) is 0 Å². The lowest BCUT2D eigenvalue weighted by molar-refractivity contribution is -0.104. The minimum Gasteiger partial charge on any atom is -0.299 e. The lowest BCUT2D eigenvalue weighted by Gasteiger charge is -2.05. The van der Waals surface area contributed by atoms with Crippen molar-refractivity contribution in [3.8, 4) is 0 Å². The third-order valence-electron chi connectivity index (χ3n) is 2.20. The van der Waals surface area contributed by atoms with Crippen molar-refractivity contribution in [2.24, 2.45) is 0 Å². The van der Waals surface area contributed by atoms with Gasteiger partial charge >= 0.3 is 0 Å². The first-order valence-electron chi connectivity index (χ1n) is 4.88. The maximum absolute atomic E-state index is 10.6. The normalized spacial score (nSPS) is 11.1. The van der Waals surface area contributed by atoms with Crippen molar-refractivity contribution in [1.29, 1.82) is 0 Å². The van der Waals surface area contributed by atoms with Gasteiger partial charge < -0.3 is 0 Å². The third-order valence-corrected chi connectivity index (χ3v) is 2.20. The first-order valence-corrected chi connectivity index (χ1v) is 4.88. The Morgan fingerprint density at radius 3 is 2.44 bits per heavy atom. The fourth-order valence-electron chi connectivity index (χ4n) is 1.48. The van der Waals surface area contributed by atoms with Gasteiger partial charge in [0, 0.05) is 30.4 Å². The van der Waals surface area contributed by atoms with Crippen molar-refractivity contribution in [2.45, 2.75) is 0 Å². The Kier molecular flexibility index (Phi) is 3.18. The molecule has 0 unspecified atom stereocenters. The standard InChI is InChI=1S/C13H10N2O/c16-9-5-13(11-3-7-14-8-4-11)12-2-1-6-15-10-12/h1-10H/b13-5+. The van der Waals surface area contributed by atoms with E-state index in [4.69, 9.17) is 0 Å². The van der Waals surface area contributed by atoms with Gasteiger partial charge in [0.15, 0.2) is 0 Å². The van der Waals surface area contributed by atoms with Crippen molar-refractivity contribution in [2.75, 3.05) is 0 Å². The summed E-state index contributed by atoms with van der Waals surface area (Å²) in [6, 6.07) is 7.49. The molecule has 0 saturated heterocycles. The molecule has 0 aliphatic heterocycles. The van der Waals surface area contributed by atoms with E-state index in [-0.39, 0.29) is 0 Å². The summed E-state index contributed by atoms with van der Waals surface area (Å²) in [5.74, 6) is 0. The van der Waals surface area contributed by atoms with Crippen molar-refractivity contribution < 1.29 is 4.79 Å². The molecule has 0 spiro atoms. The zero-order valence-corrected chi connectivity index (χ0v) is 8.58. The number of carbonyl (C=O) groups is 1. The SMILES string of the molecule is O=C/C=C(\c1ccncc1)c1cccnc1. The molecule has 16 heavy (non-hydrogen) atoms. The second-order valence-corrected chi connectivity index (χ2v) is 3.19. The van der Waals surface area contributed by atoms with Crippen LogP contribution in [0.2, 0.25) is 0 Å². The van der Waals surface area contributed by atoms with Crippen molar-refractivity contribution in [3.63, 3.8) is 0 Å². The molecular weight excluding hydrogens is 200 g/mol. The molecule has 3 nitrogen and oxygen atoms in total. The number of hydrogen-bond acceptors (Lipinski definition) is 3. The highest BCUT2D eigenvalue weighted by atomic mass is 16.1. The molecule has 0 aliphatic carbocycles. The van der Waals surface area contributed by atoms with E-state index in [0.29, 0.717) is 0 Å². The molecule has 0 radical (unpaired) electrons. The van der Waals surface area contributed by atoms with Crippen LogP contribution in [-0.2, 0) is 4.79 Å². The minimum absolute atomic E-state index is 0.781. The average molecular weight is 210 g/mol. The molecule has 78 valence electrons. The van der Waals surface area contributed by atoms with E-state index in [9.17, 15) is 4.79 Å². The van der Waals surface area contributed by atoms with Gasteiger partial charge in [0.1, 0.15) is 6.29 Å². The molecule has 0 atom stereocenters. The van der Waals surface area contributed by atoms with Gasteiger partial charge in [-0.1, -0.05) is 6.07 Å². The molecular formula is C13H10N2O. The molecule has 2 aromatic heterocycles. The molecule has 2 aromatic rings. The van der Waals surface area contributed by atoms with Crippen LogP contribution in [0.4, 0.5) is 0 Å². The summed E-state index contributed by atoms with van der Waals surface area (Å²) in [5.41, 5.74) is 2.72. The molecule has 2 heterocycles. The average Bonchev–Trinajstić information content (AvgIpc) is 2.38. The smallest absolute Gasteiger partial charge is 0.143 e. The summed E-state index contributed by atoms with van der Waals surface area (Å²) >= 11 is 0. The van der Waals surface area contributed by atoms with Gasteiger partial charge in [-0.3, -0.25) is 14.8 Å². The maximum Gasteiger partial charge on any atom is 0.143 e. The van der Waals surface area contributed by atoms with Crippen LogP contribution in [0.25, 0.3) is 5.57 Å². The van der Waals surface area contributed by atoms with Crippen LogP contribution in [-0.4, -0.2) is 16.3 Å². The first kappa shape index (κ1) is 10.2. The molecule has 0 aliphatic rings. The summed E-state index contributed by atoms with van der Waals surface area (Å²) in [7, 11) is 0. The summed E-state index contributed by atoms with van der Waals surface area (Å²) in [5, 5.41) is 0. The quantitative estimate of drug-likeness (QED) is 0.575. The lowest BCUT2D eigenvalue weighted by Crippen LogP contribution is -1.89. The highest BCUT2D eigenvalue weighted by Gasteiger charge is 2.03. The number of aldehydes is 1. The topological polar surface area (TPSA) is 42.9 Å². The second-order valence-electron chi connectivity index (χ2n) is 3.19. The number of rotatable bonds is 3. The van der Waals surface area contributed by atoms with Crippen molar-refractivity contribution in [3.05, 3.63) is 66.3 Å². The third kappa shape index (κ3) is 2.20. The Morgan fingerprint density at radius 2 is 1.81 bits per heavy atom. The van der Waals surface area contributed by atoms with Crippen LogP contribution in [0.5, 0.6) is 0 Å². The van der Waals surface area contributed by atoms with E-state index in [1.807, 2.05) is 24.3 Å². The zero-order valence-electron chi connectivity index (χ0n) is 8.58. The predicted molar refractivity (Wildman–Crippen MR) is 61.6 cm³/mol. The van der Waals surface area contributed by atoms with Gasteiger partial charge in [0.05, 0.1) is 0 Å². The Morgan fingerprint density at radius 1 is 1.00 bits per heavy atom. The Balaban J connectivity index is 2.48. The highest BCUT2D eigenvalue weighted by Crippen LogP contribution is 2.21. The predicted octanol–water partition coefficient (Wildman–Crippen LogP) is 2.11. The van der Waals surface area contributed by atoms with E-state index in [0.717, 1.165) is 23.0 Å². The van der Waals surface area contributed by atoms with E-state index >= 15 is 0 Å². The summed E-state index contributed by atoms with van der Waals surface area (Å²) < 4.78 is 0. The van der Waals surface area contributed by atoms with Crippen molar-refractivity contribution >= 4 is 11.9 Å². The van der Waals surface area contributed by atoms with Crippen molar-refractivity contribution in [1.82, 2.24) is 9.97 Å². The number of pyridine rings is 2. The van der Waals surface area contributed by atoms with E-state index in [1.54, 1.807) is 24.8 Å². The molecule has 0 aromatic carbocycles. The highest BCUT2D eigenvalue weighted by molar-refractivity contribution is 5.89. The Hall–Kier alpha value is -2.29. The van der Waals surface area contributed by atoms with Gasteiger partial charge in [0.2, 0.25) is 0 Å². The molecule has 0 bridgehead atoms. The number of allylic oxidation sites excluding steroid dienone is 1. The number of hydrogen-bond donors (Lipinski definition) is 0. The molecule has 0 fully saturated rings. The Labute approximate surface area is 93.5 Å². The van der Waals surface area contributed by atoms with Crippen LogP contribution in [0, 0.1) is 0 Å². The Bertz CT molecular complexity index is 450. The maximum atomic E-state index is 10.6. The largest absolute Gasteiger partial charge is 0.299 e. The van der Waals surface area contributed by atoms with Crippen LogP contribution >= 0.6 is 0 Å². The summed E-state index contributed by atoms with van der Waals surface area (Å²) in [4.78, 5) is 18.6. The molecule has 2 rings (SSSR count). The number of carbonyl (C=O) groups excluding carboxylic acids is 1. The minimum atomic E-state index is 0.781. The van der Waals surface area contributed by atoms with Gasteiger partial charge in [0.25, 0.3) is 0 Å². The van der Waals surface area contributed by atoms with E-state index in [2.05, 4.69) is 9.97 Å². The van der Waals surface area contributed by atoms with Gasteiger partial charge in [-0.15, -0.1) is 0 Å². The van der Waals surface area contributed by atoms with Crippen LogP contribution in [0.15, 0.2) is 55.1 Å². The van der Waals surface area contributed by atoms with Gasteiger partial charge in [-0.2, -0.15) is 0 Å². The van der Waals surface area contributed by atoms with Crippen LogP contribution < -0.4 is 0 Å². The monoisotopic (exact) mass is 210 g/mol. The fraction of sp³-hybridized carbons (Fsp3) is 0. The zero-order chi connectivity index (χ0) is 11.2. The number of nitrogens with zero attached hydrogens (tertiary/aromatic N) is 2. The summed E-state index contributed by atoms with van der Waals surface area (Å²) in [6.07, 6.45) is 9.15. The van der Waals surface area contributed by atoms with Crippen LogP contribution in [0.1, 0.15) is 11.1 Å². The van der Waals surface area contributed by atoms with E-state index < -0.39 is 0 Å². The first-order chi connectivity index (χ1) is 7.92. The fourth-order valence-corrected chi connectivity index (χ4v) is 1.48. The number of aromatic nitrogens is 2. The molecule has 0 amide bonds. The lowest BCUT2D eigenvalue weighted by atomic mass is 10.0. The second kappa shape index (κ2) is 4.98. The molecule has 0 N–H and O–H groups in total. The molecule has 0 saturated carbocycles. The van der Waals surface area contributed by atoms with Gasteiger partial charge in [-0.05, 0) is 35.4 Å². The van der Waals surface area contributed by atoms with Crippen LogP contribution in [0.3, 0.4) is 0 Å².